The number of aromatic amines is 1. The maximum absolute atomic E-state index is 12.6. The lowest BCUT2D eigenvalue weighted by atomic mass is 9.90. The van der Waals surface area contributed by atoms with Crippen LogP contribution in [0.3, 0.4) is 0 Å². The van der Waals surface area contributed by atoms with Gasteiger partial charge in [0.2, 0.25) is 0 Å². The Bertz CT molecular complexity index is 670. The van der Waals surface area contributed by atoms with Crippen molar-refractivity contribution in [1.29, 1.82) is 0 Å². The minimum atomic E-state index is 0.0104. The van der Waals surface area contributed by atoms with Crippen molar-refractivity contribution in [3.8, 4) is 0 Å². The molecule has 0 bridgehead atoms. The number of pyridine rings is 1. The van der Waals surface area contributed by atoms with Gasteiger partial charge in [0.1, 0.15) is 5.69 Å². The summed E-state index contributed by atoms with van der Waals surface area (Å²) in [6, 6.07) is 5.81. The number of H-pyrrole nitrogens is 1. The monoisotopic (exact) mass is 326 g/mol. The lowest BCUT2D eigenvalue weighted by molar-refractivity contribution is 0.0735. The predicted octanol–water partition coefficient (Wildman–Crippen LogP) is 2.09. The highest BCUT2D eigenvalue weighted by atomic mass is 16.5. The first kappa shape index (κ1) is 15.3. The number of aromatic nitrogens is 3. The van der Waals surface area contributed by atoms with E-state index in [0.717, 1.165) is 19.1 Å². The molecule has 2 aromatic heterocycles. The molecule has 2 aromatic rings. The molecule has 6 heteroatoms. The third-order valence-corrected chi connectivity index (χ3v) is 4.98. The molecule has 1 amide bonds. The molecule has 1 saturated carbocycles. The average Bonchev–Trinajstić information content (AvgIpc) is 3.12. The normalized spacial score (nSPS) is 23.6. The molecule has 3 heterocycles. The second kappa shape index (κ2) is 6.73. The van der Waals surface area contributed by atoms with E-state index in [-0.39, 0.29) is 5.91 Å². The van der Waals surface area contributed by atoms with Gasteiger partial charge in [-0.1, -0.05) is 0 Å². The van der Waals surface area contributed by atoms with Crippen molar-refractivity contribution in [2.75, 3.05) is 26.3 Å². The van der Waals surface area contributed by atoms with E-state index in [2.05, 4.69) is 15.2 Å². The van der Waals surface area contributed by atoms with Gasteiger partial charge in [0.05, 0.1) is 6.61 Å². The molecule has 1 saturated heterocycles. The standard InChI is InChI=1S/C18H22N4O2/c23-18(17-5-8-20-21-17)22-9-15(12-24-11-13-1-2-13)16(10-22)14-3-6-19-7-4-14/h3-8,13,15-16H,1-2,9-12H2,(H,20,21)/t15-,16-/m0/s1. The zero-order valence-corrected chi connectivity index (χ0v) is 13.6. The fourth-order valence-electron chi connectivity index (χ4n) is 3.41. The number of carbonyl (C=O) groups is 1. The van der Waals surface area contributed by atoms with Crippen LogP contribution >= 0.6 is 0 Å². The van der Waals surface area contributed by atoms with Gasteiger partial charge >= 0.3 is 0 Å². The van der Waals surface area contributed by atoms with E-state index in [4.69, 9.17) is 4.74 Å². The van der Waals surface area contributed by atoms with Gasteiger partial charge in [-0.05, 0) is 42.5 Å². The number of likely N-dealkylation sites (tertiary alicyclic amines) is 1. The Labute approximate surface area is 141 Å². The highest BCUT2D eigenvalue weighted by Gasteiger charge is 2.37. The van der Waals surface area contributed by atoms with Crippen molar-refractivity contribution < 1.29 is 9.53 Å². The first-order chi connectivity index (χ1) is 11.8. The molecule has 0 radical (unpaired) electrons. The second-order valence-electron chi connectivity index (χ2n) is 6.81. The highest BCUT2D eigenvalue weighted by molar-refractivity contribution is 5.92. The van der Waals surface area contributed by atoms with Crippen molar-refractivity contribution in [2.24, 2.45) is 11.8 Å². The molecular formula is C18H22N4O2. The molecule has 6 nitrogen and oxygen atoms in total. The molecule has 2 fully saturated rings. The highest BCUT2D eigenvalue weighted by Crippen LogP contribution is 2.34. The molecule has 0 unspecified atom stereocenters. The summed E-state index contributed by atoms with van der Waals surface area (Å²) in [6.45, 7) is 2.99. The lowest BCUT2D eigenvalue weighted by Gasteiger charge is -2.18. The van der Waals surface area contributed by atoms with Crippen LogP contribution in [0.15, 0.2) is 36.8 Å². The van der Waals surface area contributed by atoms with Gasteiger partial charge in [-0.2, -0.15) is 5.10 Å². The van der Waals surface area contributed by atoms with E-state index in [0.29, 0.717) is 30.7 Å². The third-order valence-electron chi connectivity index (χ3n) is 4.98. The van der Waals surface area contributed by atoms with Crippen LogP contribution in [0.2, 0.25) is 0 Å². The number of hydrogen-bond acceptors (Lipinski definition) is 4. The summed E-state index contributed by atoms with van der Waals surface area (Å²) in [5.74, 6) is 1.38. The molecule has 1 aliphatic heterocycles. The molecule has 1 N–H and O–H groups in total. The Morgan fingerprint density at radius 2 is 2.00 bits per heavy atom. The van der Waals surface area contributed by atoms with E-state index in [1.165, 1.54) is 18.4 Å². The summed E-state index contributed by atoms with van der Waals surface area (Å²) in [5, 5.41) is 6.65. The van der Waals surface area contributed by atoms with Gasteiger partial charge in [-0.15, -0.1) is 0 Å². The van der Waals surface area contributed by atoms with Gasteiger partial charge in [0, 0.05) is 50.1 Å². The SMILES string of the molecule is O=C(c1ccn[nH]1)N1C[C@@H](COCC2CC2)[C@H](c2ccncc2)C1. The first-order valence-corrected chi connectivity index (χ1v) is 8.57. The van der Waals surface area contributed by atoms with Gasteiger partial charge < -0.3 is 9.64 Å². The van der Waals surface area contributed by atoms with Crippen LogP contribution in [-0.2, 0) is 4.74 Å². The molecule has 2 aliphatic rings. The largest absolute Gasteiger partial charge is 0.381 e. The van der Waals surface area contributed by atoms with Crippen molar-refractivity contribution >= 4 is 5.91 Å². The fourth-order valence-corrected chi connectivity index (χ4v) is 3.41. The molecule has 4 rings (SSSR count). The van der Waals surface area contributed by atoms with Crippen LogP contribution in [0, 0.1) is 11.8 Å². The number of rotatable bonds is 6. The van der Waals surface area contributed by atoms with Crippen LogP contribution in [0.5, 0.6) is 0 Å². The molecule has 2 atom stereocenters. The van der Waals surface area contributed by atoms with Gasteiger partial charge in [0.15, 0.2) is 0 Å². The summed E-state index contributed by atoms with van der Waals surface area (Å²) < 4.78 is 5.94. The summed E-state index contributed by atoms with van der Waals surface area (Å²) in [5.41, 5.74) is 1.77. The second-order valence-corrected chi connectivity index (χ2v) is 6.81. The van der Waals surface area contributed by atoms with E-state index in [9.17, 15) is 4.79 Å². The molecule has 0 aromatic carbocycles. The Kier molecular flexibility index (Phi) is 4.30. The number of carbonyl (C=O) groups excluding carboxylic acids is 1. The number of nitrogens with zero attached hydrogens (tertiary/aromatic N) is 3. The maximum atomic E-state index is 12.6. The topological polar surface area (TPSA) is 71.1 Å². The third kappa shape index (κ3) is 3.33. The van der Waals surface area contributed by atoms with Crippen molar-refractivity contribution in [1.82, 2.24) is 20.1 Å². The van der Waals surface area contributed by atoms with Crippen molar-refractivity contribution in [3.63, 3.8) is 0 Å². The van der Waals surface area contributed by atoms with E-state index >= 15 is 0 Å². The quantitative estimate of drug-likeness (QED) is 0.882. The van der Waals surface area contributed by atoms with Gasteiger partial charge in [-0.3, -0.25) is 14.9 Å². The van der Waals surface area contributed by atoms with Crippen molar-refractivity contribution in [2.45, 2.75) is 18.8 Å². The van der Waals surface area contributed by atoms with Crippen LogP contribution in [0.25, 0.3) is 0 Å². The Morgan fingerprint density at radius 1 is 1.17 bits per heavy atom. The minimum absolute atomic E-state index is 0.0104. The zero-order chi connectivity index (χ0) is 16.4. The zero-order valence-electron chi connectivity index (χ0n) is 13.6. The Hall–Kier alpha value is -2.21. The van der Waals surface area contributed by atoms with E-state index in [1.807, 2.05) is 29.4 Å². The lowest BCUT2D eigenvalue weighted by Crippen LogP contribution is -2.29. The van der Waals surface area contributed by atoms with Crippen LogP contribution in [-0.4, -0.2) is 52.3 Å². The van der Waals surface area contributed by atoms with E-state index in [1.54, 1.807) is 12.3 Å². The summed E-state index contributed by atoms with van der Waals surface area (Å²) >= 11 is 0. The number of ether oxygens (including phenoxy) is 1. The summed E-state index contributed by atoms with van der Waals surface area (Å²) in [7, 11) is 0. The smallest absolute Gasteiger partial charge is 0.271 e. The number of amides is 1. The Morgan fingerprint density at radius 3 is 2.71 bits per heavy atom. The molecule has 1 aliphatic carbocycles. The summed E-state index contributed by atoms with van der Waals surface area (Å²) in [6.07, 6.45) is 7.83. The maximum Gasteiger partial charge on any atom is 0.271 e. The molecular weight excluding hydrogens is 304 g/mol. The van der Waals surface area contributed by atoms with Crippen molar-refractivity contribution in [3.05, 3.63) is 48.0 Å². The molecule has 24 heavy (non-hydrogen) atoms. The molecule has 0 spiro atoms. The fraction of sp³-hybridized carbons (Fsp3) is 0.500. The van der Waals surface area contributed by atoms with Gasteiger partial charge in [-0.25, -0.2) is 0 Å². The van der Waals surface area contributed by atoms with E-state index < -0.39 is 0 Å². The first-order valence-electron chi connectivity index (χ1n) is 8.57. The predicted molar refractivity (Wildman–Crippen MR) is 88.5 cm³/mol. The van der Waals surface area contributed by atoms with Crippen LogP contribution in [0.4, 0.5) is 0 Å². The average molecular weight is 326 g/mol. The van der Waals surface area contributed by atoms with Crippen LogP contribution in [0.1, 0.15) is 34.8 Å². The van der Waals surface area contributed by atoms with Crippen LogP contribution < -0.4 is 0 Å². The summed E-state index contributed by atoms with van der Waals surface area (Å²) in [4.78, 5) is 18.6. The Balaban J connectivity index is 1.47. The number of hydrogen-bond donors (Lipinski definition) is 1. The minimum Gasteiger partial charge on any atom is -0.381 e. The molecule has 126 valence electrons. The van der Waals surface area contributed by atoms with Gasteiger partial charge in [0.25, 0.3) is 5.91 Å². The number of nitrogens with one attached hydrogen (secondary N) is 1.